The highest BCUT2D eigenvalue weighted by atomic mass is 16.5. The van der Waals surface area contributed by atoms with Gasteiger partial charge in [0.25, 0.3) is 0 Å². The van der Waals surface area contributed by atoms with Crippen LogP contribution in [-0.2, 0) is 0 Å². The number of H-pyrrole nitrogens is 1. The molecule has 170 valence electrons. The number of aromatic amines is 1. The van der Waals surface area contributed by atoms with Gasteiger partial charge in [0, 0.05) is 26.2 Å². The van der Waals surface area contributed by atoms with Gasteiger partial charge in [0.2, 0.25) is 5.95 Å². The van der Waals surface area contributed by atoms with Gasteiger partial charge >= 0.3 is 0 Å². The van der Waals surface area contributed by atoms with E-state index >= 15 is 0 Å². The predicted molar refractivity (Wildman–Crippen MR) is 129 cm³/mol. The van der Waals surface area contributed by atoms with Crippen LogP contribution in [0.1, 0.15) is 18.9 Å². The highest BCUT2D eigenvalue weighted by Gasteiger charge is 2.20. The Balaban J connectivity index is 1.29. The summed E-state index contributed by atoms with van der Waals surface area (Å²) in [5.41, 5.74) is 3.10. The Morgan fingerprint density at radius 3 is 2.81 bits per heavy atom. The Hall–Kier alpha value is -3.03. The number of fused-ring (bicyclic) bond motifs is 1. The maximum absolute atomic E-state index is 10.6. The molecular formula is C25H32N4O3. The number of anilines is 1. The summed E-state index contributed by atoms with van der Waals surface area (Å²) in [5, 5.41) is 10.6. The number of hydrogen-bond acceptors (Lipinski definition) is 6. The van der Waals surface area contributed by atoms with Crippen molar-refractivity contribution in [3.63, 3.8) is 0 Å². The highest BCUT2D eigenvalue weighted by molar-refractivity contribution is 5.77. The summed E-state index contributed by atoms with van der Waals surface area (Å²) in [5.74, 6) is 2.24. The predicted octanol–water partition coefficient (Wildman–Crippen LogP) is 3.56. The van der Waals surface area contributed by atoms with Gasteiger partial charge in [0.15, 0.2) is 11.5 Å². The van der Waals surface area contributed by atoms with Crippen molar-refractivity contribution in [1.29, 1.82) is 0 Å². The molecule has 0 amide bonds. The average Bonchev–Trinajstić information content (AvgIpc) is 3.11. The fourth-order valence-electron chi connectivity index (χ4n) is 4.09. The lowest BCUT2D eigenvalue weighted by molar-refractivity contribution is 0.0694. The molecule has 3 aromatic rings. The topological polar surface area (TPSA) is 73.9 Å². The summed E-state index contributed by atoms with van der Waals surface area (Å²) in [7, 11) is 1.63. The lowest BCUT2D eigenvalue weighted by Crippen LogP contribution is -2.38. The number of rotatable bonds is 8. The zero-order valence-corrected chi connectivity index (χ0v) is 18.8. The van der Waals surface area contributed by atoms with E-state index in [0.717, 1.165) is 55.1 Å². The van der Waals surface area contributed by atoms with Crippen LogP contribution >= 0.6 is 0 Å². The molecule has 4 rings (SSSR count). The largest absolute Gasteiger partial charge is 0.493 e. The van der Waals surface area contributed by atoms with Gasteiger partial charge in [-0.15, -0.1) is 0 Å². The van der Waals surface area contributed by atoms with E-state index in [0.29, 0.717) is 18.0 Å². The fourth-order valence-corrected chi connectivity index (χ4v) is 4.09. The lowest BCUT2D eigenvalue weighted by Gasteiger charge is -2.24. The molecule has 0 saturated carbocycles. The molecule has 1 saturated heterocycles. The quantitative estimate of drug-likeness (QED) is 0.563. The third kappa shape index (κ3) is 5.41. The second-order valence-electron chi connectivity index (χ2n) is 8.09. The van der Waals surface area contributed by atoms with Crippen LogP contribution < -0.4 is 14.4 Å². The number of hydrogen-bond donors (Lipinski definition) is 2. The van der Waals surface area contributed by atoms with Gasteiger partial charge in [-0.05, 0) is 49.7 Å². The number of nitrogens with one attached hydrogen (secondary N) is 1. The minimum Gasteiger partial charge on any atom is -0.493 e. The van der Waals surface area contributed by atoms with E-state index in [-0.39, 0.29) is 6.61 Å². The van der Waals surface area contributed by atoms with E-state index in [9.17, 15) is 5.11 Å². The van der Waals surface area contributed by atoms with E-state index in [1.807, 2.05) is 55.5 Å². The van der Waals surface area contributed by atoms with Gasteiger partial charge in [0.05, 0.1) is 18.1 Å². The molecule has 32 heavy (non-hydrogen) atoms. The lowest BCUT2D eigenvalue weighted by atomic mass is 10.2. The third-order valence-electron chi connectivity index (χ3n) is 5.71. The maximum atomic E-state index is 10.6. The Morgan fingerprint density at radius 2 is 2.00 bits per heavy atom. The number of aliphatic hydroxyl groups excluding tert-OH is 1. The van der Waals surface area contributed by atoms with Gasteiger partial charge in [-0.3, -0.25) is 4.90 Å². The smallest absolute Gasteiger partial charge is 0.203 e. The van der Waals surface area contributed by atoms with Crippen LogP contribution in [0.25, 0.3) is 17.1 Å². The van der Waals surface area contributed by atoms with Gasteiger partial charge in [-0.25, -0.2) is 4.98 Å². The summed E-state index contributed by atoms with van der Waals surface area (Å²) in [6.07, 6.45) is 4.43. The standard InChI is InChI=1S/C25H32N4O3/c1-3-7-19-10-11-23(24(16-19)31-2)32-18-20(30)17-28-12-6-13-29(15-14-28)25-26-21-8-4-5-9-22(21)27-25/h3-5,7-11,16,20,30H,6,12-15,17-18H2,1-2H3,(H,26,27)/b7-3+. The minimum atomic E-state index is -0.576. The number of aliphatic hydroxyl groups is 1. The van der Waals surface area contributed by atoms with Crippen molar-refractivity contribution in [2.75, 3.05) is 51.3 Å². The van der Waals surface area contributed by atoms with E-state index in [4.69, 9.17) is 14.5 Å². The number of nitrogens with zero attached hydrogens (tertiary/aromatic N) is 3. The molecule has 2 N–H and O–H groups in total. The first-order valence-corrected chi connectivity index (χ1v) is 11.2. The molecular weight excluding hydrogens is 404 g/mol. The number of ether oxygens (including phenoxy) is 2. The molecule has 1 aliphatic rings. The molecule has 0 aliphatic carbocycles. The first-order chi connectivity index (χ1) is 15.7. The molecule has 7 nitrogen and oxygen atoms in total. The number of benzene rings is 2. The number of allylic oxidation sites excluding steroid dienone is 1. The van der Waals surface area contributed by atoms with Crippen molar-refractivity contribution in [2.45, 2.75) is 19.4 Å². The fraction of sp³-hybridized carbons (Fsp3) is 0.400. The zero-order valence-electron chi connectivity index (χ0n) is 18.8. The van der Waals surface area contributed by atoms with E-state index in [1.165, 1.54) is 0 Å². The normalized spacial score (nSPS) is 16.4. The number of imidazole rings is 1. The molecule has 1 aliphatic heterocycles. The van der Waals surface area contributed by atoms with Gasteiger partial charge < -0.3 is 24.5 Å². The first kappa shape index (κ1) is 22.2. The van der Waals surface area contributed by atoms with E-state index < -0.39 is 6.10 Å². The van der Waals surface area contributed by atoms with Crippen LogP contribution in [0.4, 0.5) is 5.95 Å². The van der Waals surface area contributed by atoms with Gasteiger partial charge in [0.1, 0.15) is 12.7 Å². The Morgan fingerprint density at radius 1 is 1.12 bits per heavy atom. The van der Waals surface area contributed by atoms with Crippen molar-refractivity contribution in [2.24, 2.45) is 0 Å². The average molecular weight is 437 g/mol. The summed E-state index contributed by atoms with van der Waals surface area (Å²) >= 11 is 0. The molecule has 1 atom stereocenters. The molecule has 2 aromatic carbocycles. The monoisotopic (exact) mass is 436 g/mol. The van der Waals surface area contributed by atoms with Crippen molar-refractivity contribution < 1.29 is 14.6 Å². The Labute approximate surface area is 189 Å². The van der Waals surface area contributed by atoms with Gasteiger partial charge in [-0.2, -0.15) is 0 Å². The molecule has 1 fully saturated rings. The van der Waals surface area contributed by atoms with Crippen LogP contribution in [-0.4, -0.2) is 72.5 Å². The molecule has 7 heteroatoms. The minimum absolute atomic E-state index is 0.225. The van der Waals surface area contributed by atoms with Crippen LogP contribution in [0.15, 0.2) is 48.5 Å². The Kier molecular flexibility index (Phi) is 7.29. The molecule has 1 aromatic heterocycles. The molecule has 0 radical (unpaired) electrons. The van der Waals surface area contributed by atoms with Crippen molar-refractivity contribution in [3.05, 3.63) is 54.1 Å². The van der Waals surface area contributed by atoms with E-state index in [1.54, 1.807) is 7.11 Å². The van der Waals surface area contributed by atoms with Crippen LogP contribution in [0.2, 0.25) is 0 Å². The SMILES string of the molecule is C/C=C/c1ccc(OCC(O)CN2CCCN(c3nc4ccccc4[nH]3)CC2)c(OC)c1. The Bertz CT molecular complexity index is 1020. The number of aromatic nitrogens is 2. The van der Waals surface area contributed by atoms with Crippen LogP contribution in [0, 0.1) is 0 Å². The molecule has 0 bridgehead atoms. The summed E-state index contributed by atoms with van der Waals surface area (Å²) in [6, 6.07) is 13.9. The van der Waals surface area contributed by atoms with E-state index in [2.05, 4.69) is 20.9 Å². The number of β-amino-alcohol motifs (C(OH)–C–C–N with tert-alkyl or cyclic N) is 1. The molecule has 0 spiro atoms. The summed E-state index contributed by atoms with van der Waals surface area (Å²) < 4.78 is 11.3. The second kappa shape index (κ2) is 10.5. The number of para-hydroxylation sites is 2. The summed E-state index contributed by atoms with van der Waals surface area (Å²) in [6.45, 7) is 6.40. The molecule has 1 unspecified atom stereocenters. The maximum Gasteiger partial charge on any atom is 0.203 e. The van der Waals surface area contributed by atoms with Crippen LogP contribution in [0.5, 0.6) is 11.5 Å². The first-order valence-electron chi connectivity index (χ1n) is 11.2. The van der Waals surface area contributed by atoms with Crippen LogP contribution in [0.3, 0.4) is 0 Å². The van der Waals surface area contributed by atoms with Gasteiger partial charge in [-0.1, -0.05) is 30.4 Å². The van der Waals surface area contributed by atoms with Crippen molar-refractivity contribution in [1.82, 2.24) is 14.9 Å². The highest BCUT2D eigenvalue weighted by Crippen LogP contribution is 2.28. The second-order valence-corrected chi connectivity index (χ2v) is 8.09. The molecule has 2 heterocycles. The number of methoxy groups -OCH3 is 1. The zero-order chi connectivity index (χ0) is 22.3. The third-order valence-corrected chi connectivity index (χ3v) is 5.71. The van der Waals surface area contributed by atoms with Crippen molar-refractivity contribution in [3.8, 4) is 11.5 Å². The summed E-state index contributed by atoms with van der Waals surface area (Å²) in [4.78, 5) is 12.7. The van der Waals surface area contributed by atoms with Crippen molar-refractivity contribution >= 4 is 23.1 Å².